The van der Waals surface area contributed by atoms with Gasteiger partial charge in [-0.25, -0.2) is 4.79 Å². The van der Waals surface area contributed by atoms with Crippen molar-refractivity contribution >= 4 is 17.6 Å². The lowest BCUT2D eigenvalue weighted by Gasteiger charge is -2.18. The molecule has 1 aliphatic heterocycles. The Bertz CT molecular complexity index is 666. The number of carbonyl (C=O) groups excluding carboxylic acids is 1. The summed E-state index contributed by atoms with van der Waals surface area (Å²) in [5, 5.41) is 29.9. The third-order valence-electron chi connectivity index (χ3n) is 3.74. The molecule has 1 aromatic rings. The van der Waals surface area contributed by atoms with Gasteiger partial charge in [-0.2, -0.15) is 0 Å². The predicted molar refractivity (Wildman–Crippen MR) is 91.5 cm³/mol. The van der Waals surface area contributed by atoms with E-state index in [1.54, 1.807) is 13.0 Å². The molecule has 1 aliphatic rings. The number of aliphatic hydroxyl groups excluding tert-OH is 1. The largest absolute Gasteiger partial charge is 0.507 e. The number of halogens is 1. The second-order valence-corrected chi connectivity index (χ2v) is 6.16. The molecule has 2 atom stereocenters. The van der Waals surface area contributed by atoms with E-state index in [0.717, 1.165) is 18.9 Å². The molecular weight excluding hydrogens is 332 g/mol. The molecular formula is C18H21ClO5. The van der Waals surface area contributed by atoms with E-state index in [1.807, 2.05) is 18.2 Å². The summed E-state index contributed by atoms with van der Waals surface area (Å²) >= 11 is 6.09. The third-order valence-corrected chi connectivity index (χ3v) is 4.16. The highest BCUT2D eigenvalue weighted by Gasteiger charge is 2.25. The van der Waals surface area contributed by atoms with E-state index in [-0.39, 0.29) is 34.4 Å². The van der Waals surface area contributed by atoms with E-state index < -0.39 is 17.8 Å². The topological polar surface area (TPSA) is 87.0 Å². The fourth-order valence-electron chi connectivity index (χ4n) is 2.52. The van der Waals surface area contributed by atoms with Gasteiger partial charge in [0.2, 0.25) is 0 Å². The van der Waals surface area contributed by atoms with Crippen LogP contribution in [-0.2, 0) is 11.2 Å². The number of aromatic hydroxyl groups is 2. The van der Waals surface area contributed by atoms with Crippen LogP contribution < -0.4 is 0 Å². The lowest BCUT2D eigenvalue weighted by molar-refractivity contribution is 0.0343. The normalized spacial score (nSPS) is 25.2. The van der Waals surface area contributed by atoms with Crippen LogP contribution in [0, 0.1) is 0 Å². The first-order valence-corrected chi connectivity index (χ1v) is 8.22. The molecule has 0 saturated carbocycles. The number of aliphatic hydroxyl groups is 1. The Morgan fingerprint density at radius 3 is 2.62 bits per heavy atom. The highest BCUT2D eigenvalue weighted by Crippen LogP contribution is 2.37. The molecule has 3 N–H and O–H groups in total. The van der Waals surface area contributed by atoms with Crippen LogP contribution >= 0.6 is 11.6 Å². The van der Waals surface area contributed by atoms with Crippen molar-refractivity contribution in [3.63, 3.8) is 0 Å². The number of ether oxygens (including phenoxy) is 1. The van der Waals surface area contributed by atoms with Crippen LogP contribution in [0.5, 0.6) is 11.5 Å². The molecule has 6 heteroatoms. The van der Waals surface area contributed by atoms with Gasteiger partial charge >= 0.3 is 5.97 Å². The molecule has 1 aromatic carbocycles. The number of rotatable bonds is 0. The number of esters is 1. The number of fused-ring (bicyclic) bond motifs is 1. The van der Waals surface area contributed by atoms with Crippen LogP contribution in [0.3, 0.4) is 0 Å². The van der Waals surface area contributed by atoms with Crippen LogP contribution in [-0.4, -0.2) is 33.5 Å². The number of benzene rings is 1. The van der Waals surface area contributed by atoms with Crippen molar-refractivity contribution in [3.05, 3.63) is 46.5 Å². The van der Waals surface area contributed by atoms with Crippen LogP contribution in [0.25, 0.3) is 0 Å². The zero-order valence-corrected chi connectivity index (χ0v) is 14.2. The maximum absolute atomic E-state index is 12.4. The zero-order chi connectivity index (χ0) is 17.7. The minimum Gasteiger partial charge on any atom is -0.507 e. The van der Waals surface area contributed by atoms with E-state index in [9.17, 15) is 20.1 Å². The molecule has 1 unspecified atom stereocenters. The van der Waals surface area contributed by atoms with E-state index in [1.165, 1.54) is 0 Å². The molecule has 2 rings (SSSR count). The summed E-state index contributed by atoms with van der Waals surface area (Å²) in [6.07, 6.45) is 8.22. The molecule has 0 aromatic heterocycles. The van der Waals surface area contributed by atoms with Gasteiger partial charge in [-0.05, 0) is 25.3 Å². The average molecular weight is 353 g/mol. The highest BCUT2D eigenvalue weighted by molar-refractivity contribution is 6.33. The predicted octanol–water partition coefficient (Wildman–Crippen LogP) is 3.50. The van der Waals surface area contributed by atoms with Gasteiger partial charge in [0.1, 0.15) is 23.2 Å². The molecule has 0 aliphatic carbocycles. The van der Waals surface area contributed by atoms with Crippen LogP contribution in [0.1, 0.15) is 42.1 Å². The first kappa shape index (κ1) is 18.4. The number of hydrogen-bond donors (Lipinski definition) is 3. The Kier molecular flexibility index (Phi) is 6.29. The molecule has 0 radical (unpaired) electrons. The minimum absolute atomic E-state index is 0.0219. The molecule has 1 heterocycles. The van der Waals surface area contributed by atoms with E-state index in [2.05, 4.69) is 0 Å². The molecule has 5 nitrogen and oxygen atoms in total. The number of phenols is 2. The summed E-state index contributed by atoms with van der Waals surface area (Å²) in [6.45, 7) is 1.75. The fourth-order valence-corrected chi connectivity index (χ4v) is 2.75. The molecule has 130 valence electrons. The van der Waals surface area contributed by atoms with Gasteiger partial charge in [-0.3, -0.25) is 0 Å². The van der Waals surface area contributed by atoms with Gasteiger partial charge < -0.3 is 20.1 Å². The van der Waals surface area contributed by atoms with E-state index in [0.29, 0.717) is 6.42 Å². The molecule has 0 bridgehead atoms. The van der Waals surface area contributed by atoms with Crippen molar-refractivity contribution < 1.29 is 24.9 Å². The van der Waals surface area contributed by atoms with E-state index in [4.69, 9.17) is 16.3 Å². The molecule has 24 heavy (non-hydrogen) atoms. The summed E-state index contributed by atoms with van der Waals surface area (Å²) in [4.78, 5) is 12.4. The Balaban J connectivity index is 2.47. The summed E-state index contributed by atoms with van der Waals surface area (Å²) < 4.78 is 5.34. The average Bonchev–Trinajstić information content (AvgIpc) is 2.50. The van der Waals surface area contributed by atoms with Crippen molar-refractivity contribution in [1.82, 2.24) is 0 Å². The summed E-state index contributed by atoms with van der Waals surface area (Å²) in [5.41, 5.74) is 0.0363. The van der Waals surface area contributed by atoms with Crippen LogP contribution in [0.15, 0.2) is 30.4 Å². The SMILES string of the molecule is C[C@H]1C/C=C/CC/C=C/C(O)Cc2c(Cl)c(O)cc(O)c2C(=O)O1. The lowest BCUT2D eigenvalue weighted by Crippen LogP contribution is -2.18. The van der Waals surface area contributed by atoms with Gasteiger partial charge in [-0.15, -0.1) is 0 Å². The molecule has 0 saturated heterocycles. The van der Waals surface area contributed by atoms with Gasteiger partial charge in [0.15, 0.2) is 0 Å². The zero-order valence-electron chi connectivity index (χ0n) is 13.4. The van der Waals surface area contributed by atoms with Gasteiger partial charge in [0.25, 0.3) is 0 Å². The Hall–Kier alpha value is -1.98. The summed E-state index contributed by atoms with van der Waals surface area (Å²) in [7, 11) is 0. The first-order valence-electron chi connectivity index (χ1n) is 7.84. The number of hydrogen-bond acceptors (Lipinski definition) is 5. The minimum atomic E-state index is -0.903. The number of carbonyl (C=O) groups is 1. The van der Waals surface area contributed by atoms with Gasteiger partial charge in [-0.1, -0.05) is 35.9 Å². The third kappa shape index (κ3) is 4.52. The highest BCUT2D eigenvalue weighted by atomic mass is 35.5. The standard InChI is InChI=1S/C18H21ClO5/c1-11-7-5-3-2-4-6-8-12(20)9-13-16(18(23)24-11)14(21)10-15(22)17(13)19/h3,5-6,8,10-12,20-22H,2,4,7,9H2,1H3/b5-3+,8-6+/t11-,12?/m0/s1. The second-order valence-electron chi connectivity index (χ2n) is 5.78. The number of allylic oxidation sites excluding steroid dienone is 2. The maximum Gasteiger partial charge on any atom is 0.342 e. The maximum atomic E-state index is 12.4. The van der Waals surface area contributed by atoms with Crippen molar-refractivity contribution in [3.8, 4) is 11.5 Å². The van der Waals surface area contributed by atoms with Crippen molar-refractivity contribution in [2.45, 2.75) is 44.8 Å². The fraction of sp³-hybridized carbons (Fsp3) is 0.389. The Morgan fingerprint density at radius 2 is 1.88 bits per heavy atom. The Morgan fingerprint density at radius 1 is 1.17 bits per heavy atom. The number of cyclic esters (lactones) is 1. The quantitative estimate of drug-likeness (QED) is 0.491. The van der Waals surface area contributed by atoms with Crippen molar-refractivity contribution in [2.24, 2.45) is 0 Å². The van der Waals surface area contributed by atoms with Gasteiger partial charge in [0.05, 0.1) is 11.1 Å². The second kappa shape index (κ2) is 8.22. The summed E-state index contributed by atoms with van der Waals surface area (Å²) in [6, 6.07) is 0.998. The van der Waals surface area contributed by atoms with E-state index >= 15 is 0 Å². The van der Waals surface area contributed by atoms with Crippen LogP contribution in [0.4, 0.5) is 0 Å². The smallest absolute Gasteiger partial charge is 0.342 e. The Labute approximate surface area is 145 Å². The lowest BCUT2D eigenvalue weighted by atomic mass is 9.99. The monoisotopic (exact) mass is 352 g/mol. The van der Waals surface area contributed by atoms with Crippen molar-refractivity contribution in [1.29, 1.82) is 0 Å². The first-order chi connectivity index (χ1) is 11.4. The summed E-state index contributed by atoms with van der Waals surface area (Å²) in [5.74, 6) is -1.52. The van der Waals surface area contributed by atoms with Gasteiger partial charge in [0, 0.05) is 18.9 Å². The molecule has 0 fully saturated rings. The number of phenolic OH excluding ortho intramolecular Hbond substituents is 2. The van der Waals surface area contributed by atoms with Crippen molar-refractivity contribution in [2.75, 3.05) is 0 Å². The molecule has 0 amide bonds. The van der Waals surface area contributed by atoms with Crippen LogP contribution in [0.2, 0.25) is 5.02 Å². The molecule has 0 spiro atoms.